The van der Waals surface area contributed by atoms with Crippen LogP contribution in [0.15, 0.2) is 34.7 Å². The molecule has 4 nitrogen and oxygen atoms in total. The topological polar surface area (TPSA) is 45.5 Å². The van der Waals surface area contributed by atoms with Gasteiger partial charge >= 0.3 is 6.03 Å². The molecule has 0 aliphatic heterocycles. The maximum absolute atomic E-state index is 12.0. The normalized spacial score (nSPS) is 16.3. The zero-order valence-corrected chi connectivity index (χ0v) is 11.2. The lowest BCUT2D eigenvalue weighted by Gasteiger charge is -2.23. The second-order valence-corrected chi connectivity index (χ2v) is 5.20. The fraction of sp³-hybridized carbons (Fsp3) is 0.400. The van der Waals surface area contributed by atoms with Crippen LogP contribution in [-0.2, 0) is 0 Å². The molecule has 1 atom stereocenters. The van der Waals surface area contributed by atoms with Crippen LogP contribution in [-0.4, -0.2) is 24.0 Å². The first-order chi connectivity index (χ1) is 9.15. The van der Waals surface area contributed by atoms with Crippen molar-refractivity contribution in [3.8, 4) is 0 Å². The van der Waals surface area contributed by atoms with Gasteiger partial charge in [-0.05, 0) is 31.9 Å². The first kappa shape index (κ1) is 12.1. The zero-order valence-electron chi connectivity index (χ0n) is 11.2. The van der Waals surface area contributed by atoms with Crippen LogP contribution in [0.5, 0.6) is 0 Å². The molecule has 1 aromatic heterocycles. The number of hydrogen-bond acceptors (Lipinski definition) is 2. The highest BCUT2D eigenvalue weighted by atomic mass is 16.3. The molecule has 1 heterocycles. The summed E-state index contributed by atoms with van der Waals surface area (Å²) in [4.78, 5) is 13.7. The smallest absolute Gasteiger partial charge is 0.317 e. The molecule has 1 unspecified atom stereocenters. The quantitative estimate of drug-likeness (QED) is 0.918. The number of nitrogens with zero attached hydrogens (tertiary/aromatic N) is 1. The molecule has 2 aromatic rings. The molecule has 0 bridgehead atoms. The molecule has 0 spiro atoms. The van der Waals surface area contributed by atoms with E-state index in [1.54, 1.807) is 11.9 Å². The van der Waals surface area contributed by atoms with Gasteiger partial charge in [-0.25, -0.2) is 4.79 Å². The van der Waals surface area contributed by atoms with Gasteiger partial charge in [0.05, 0.1) is 6.04 Å². The number of furan rings is 1. The average molecular weight is 258 g/mol. The lowest BCUT2D eigenvalue weighted by Crippen LogP contribution is -2.39. The van der Waals surface area contributed by atoms with Gasteiger partial charge in [0.1, 0.15) is 11.3 Å². The van der Waals surface area contributed by atoms with Crippen LogP contribution in [0.1, 0.15) is 31.6 Å². The number of carbonyl (C=O) groups excluding carboxylic acids is 1. The van der Waals surface area contributed by atoms with Crippen LogP contribution < -0.4 is 5.32 Å². The second kappa shape index (κ2) is 4.61. The third-order valence-electron chi connectivity index (χ3n) is 3.66. The van der Waals surface area contributed by atoms with Gasteiger partial charge in [-0.15, -0.1) is 0 Å². The summed E-state index contributed by atoms with van der Waals surface area (Å²) < 4.78 is 5.80. The fourth-order valence-electron chi connectivity index (χ4n) is 2.08. The number of amides is 2. The van der Waals surface area contributed by atoms with E-state index in [2.05, 4.69) is 5.32 Å². The van der Waals surface area contributed by atoms with Crippen molar-refractivity contribution < 1.29 is 9.21 Å². The van der Waals surface area contributed by atoms with E-state index in [9.17, 15) is 4.79 Å². The highest BCUT2D eigenvalue weighted by Crippen LogP contribution is 2.27. The Balaban J connectivity index is 1.77. The van der Waals surface area contributed by atoms with Crippen molar-refractivity contribution in [3.63, 3.8) is 0 Å². The number of hydrogen-bond donors (Lipinski definition) is 1. The van der Waals surface area contributed by atoms with Crippen LogP contribution in [0.2, 0.25) is 0 Å². The number of benzene rings is 1. The van der Waals surface area contributed by atoms with Gasteiger partial charge in [-0.3, -0.25) is 0 Å². The van der Waals surface area contributed by atoms with E-state index >= 15 is 0 Å². The van der Waals surface area contributed by atoms with Gasteiger partial charge in [-0.1, -0.05) is 18.2 Å². The Morgan fingerprint density at radius 3 is 2.84 bits per heavy atom. The van der Waals surface area contributed by atoms with Crippen molar-refractivity contribution in [1.29, 1.82) is 0 Å². The van der Waals surface area contributed by atoms with E-state index in [1.165, 1.54) is 0 Å². The van der Waals surface area contributed by atoms with E-state index in [4.69, 9.17) is 4.42 Å². The van der Waals surface area contributed by atoms with Gasteiger partial charge in [0, 0.05) is 18.5 Å². The molecule has 1 saturated carbocycles. The molecule has 2 amide bonds. The minimum atomic E-state index is -0.0776. The molecule has 19 heavy (non-hydrogen) atoms. The van der Waals surface area contributed by atoms with Crippen molar-refractivity contribution in [1.82, 2.24) is 10.2 Å². The summed E-state index contributed by atoms with van der Waals surface area (Å²) in [6.45, 7) is 1.98. The van der Waals surface area contributed by atoms with Crippen LogP contribution in [0, 0.1) is 0 Å². The lowest BCUT2D eigenvalue weighted by atomic mass is 10.2. The van der Waals surface area contributed by atoms with E-state index in [0.717, 1.165) is 29.6 Å². The molecule has 1 fully saturated rings. The van der Waals surface area contributed by atoms with Gasteiger partial charge in [0.2, 0.25) is 0 Å². The third kappa shape index (κ3) is 2.43. The summed E-state index contributed by atoms with van der Waals surface area (Å²) in [6, 6.07) is 10.1. The van der Waals surface area contributed by atoms with Gasteiger partial charge in [-0.2, -0.15) is 0 Å². The SMILES string of the molecule is CC(c1cc2ccccc2o1)N(C)C(=O)NC1CC1. The first-order valence-corrected chi connectivity index (χ1v) is 6.67. The van der Waals surface area contributed by atoms with E-state index in [0.29, 0.717) is 6.04 Å². The van der Waals surface area contributed by atoms with Crippen molar-refractivity contribution in [3.05, 3.63) is 36.1 Å². The number of urea groups is 1. The van der Waals surface area contributed by atoms with Crippen LogP contribution in [0.4, 0.5) is 4.79 Å². The Hall–Kier alpha value is -1.97. The van der Waals surface area contributed by atoms with Gasteiger partial charge < -0.3 is 14.6 Å². The molecule has 1 aromatic carbocycles. The standard InChI is InChI=1S/C15H18N2O2/c1-10(17(2)15(18)16-12-7-8-12)14-9-11-5-3-4-6-13(11)19-14/h3-6,9-10,12H,7-8H2,1-2H3,(H,16,18). The maximum Gasteiger partial charge on any atom is 0.317 e. The molecule has 100 valence electrons. The van der Waals surface area contributed by atoms with Gasteiger partial charge in [0.15, 0.2) is 0 Å². The summed E-state index contributed by atoms with van der Waals surface area (Å²) in [7, 11) is 1.80. The molecule has 1 aliphatic carbocycles. The molecular formula is C15H18N2O2. The van der Waals surface area contributed by atoms with Crippen LogP contribution >= 0.6 is 0 Å². The minimum absolute atomic E-state index is 0.0320. The predicted octanol–water partition coefficient (Wildman–Crippen LogP) is 3.30. The number of rotatable bonds is 3. The molecule has 0 saturated heterocycles. The molecule has 3 rings (SSSR count). The van der Waals surface area contributed by atoms with E-state index < -0.39 is 0 Å². The zero-order chi connectivity index (χ0) is 13.4. The fourth-order valence-corrected chi connectivity index (χ4v) is 2.08. The van der Waals surface area contributed by atoms with Crippen molar-refractivity contribution >= 4 is 17.0 Å². The molecule has 0 radical (unpaired) electrons. The second-order valence-electron chi connectivity index (χ2n) is 5.20. The lowest BCUT2D eigenvalue weighted by molar-refractivity contribution is 0.187. The number of fused-ring (bicyclic) bond motifs is 1. The Morgan fingerprint density at radius 1 is 1.42 bits per heavy atom. The maximum atomic E-state index is 12.0. The highest BCUT2D eigenvalue weighted by molar-refractivity contribution is 5.78. The molecule has 4 heteroatoms. The summed E-state index contributed by atoms with van der Waals surface area (Å²) in [5.74, 6) is 0.814. The Morgan fingerprint density at radius 2 is 2.16 bits per heavy atom. The van der Waals surface area contributed by atoms with E-state index in [-0.39, 0.29) is 12.1 Å². The minimum Gasteiger partial charge on any atom is -0.459 e. The van der Waals surface area contributed by atoms with Crippen molar-refractivity contribution in [2.45, 2.75) is 31.8 Å². The molecule has 1 aliphatic rings. The highest BCUT2D eigenvalue weighted by Gasteiger charge is 2.27. The predicted molar refractivity (Wildman–Crippen MR) is 73.9 cm³/mol. The Bertz CT molecular complexity index is 568. The summed E-state index contributed by atoms with van der Waals surface area (Å²) in [5, 5.41) is 4.05. The van der Waals surface area contributed by atoms with Crippen LogP contribution in [0.3, 0.4) is 0 Å². The summed E-state index contributed by atoms with van der Waals surface area (Å²) in [6.07, 6.45) is 2.19. The Labute approximate surface area is 112 Å². The number of nitrogens with one attached hydrogen (secondary N) is 1. The monoisotopic (exact) mass is 258 g/mol. The van der Waals surface area contributed by atoms with Crippen LogP contribution in [0.25, 0.3) is 11.0 Å². The molecular weight excluding hydrogens is 240 g/mol. The third-order valence-corrected chi connectivity index (χ3v) is 3.66. The van der Waals surface area contributed by atoms with Gasteiger partial charge in [0.25, 0.3) is 0 Å². The largest absolute Gasteiger partial charge is 0.459 e. The number of para-hydroxylation sites is 1. The molecule has 1 N–H and O–H groups in total. The van der Waals surface area contributed by atoms with E-state index in [1.807, 2.05) is 37.3 Å². The Kier molecular flexibility index (Phi) is 2.93. The average Bonchev–Trinajstić information content (AvgIpc) is 3.12. The first-order valence-electron chi connectivity index (χ1n) is 6.67. The summed E-state index contributed by atoms with van der Waals surface area (Å²) in [5.41, 5.74) is 0.861. The van der Waals surface area contributed by atoms with Crippen molar-refractivity contribution in [2.24, 2.45) is 0 Å². The summed E-state index contributed by atoms with van der Waals surface area (Å²) >= 11 is 0. The number of carbonyl (C=O) groups is 1. The van der Waals surface area contributed by atoms with Crippen molar-refractivity contribution in [2.75, 3.05) is 7.05 Å².